The van der Waals surface area contributed by atoms with Crippen molar-refractivity contribution in [3.8, 4) is 0 Å². The molecule has 0 radical (unpaired) electrons. The molecule has 0 saturated carbocycles. The number of unbranched alkanes of at least 4 members (excludes halogenated alkanes) is 2. The number of rotatable bonds is 5. The largest absolute Gasteiger partial charge is 0.397 e. The first-order valence-corrected chi connectivity index (χ1v) is 5.51. The molecule has 0 aliphatic carbocycles. The molecule has 0 fully saturated rings. The average molecular weight is 192 g/mol. The molecule has 1 heterocycles. The van der Waals surface area contributed by atoms with Gasteiger partial charge in [-0.2, -0.15) is 0 Å². The van der Waals surface area contributed by atoms with Gasteiger partial charge in [-0.15, -0.1) is 0 Å². The highest BCUT2D eigenvalue weighted by atomic mass is 14.7. The van der Waals surface area contributed by atoms with Gasteiger partial charge in [0.1, 0.15) is 0 Å². The van der Waals surface area contributed by atoms with Gasteiger partial charge >= 0.3 is 0 Å². The van der Waals surface area contributed by atoms with Crippen molar-refractivity contribution >= 4 is 5.69 Å². The zero-order valence-corrected chi connectivity index (χ0v) is 9.21. The first kappa shape index (κ1) is 11.0. The van der Waals surface area contributed by atoms with E-state index in [1.807, 2.05) is 12.3 Å². The number of nitrogens with two attached hydrogens (primary N) is 1. The molecule has 1 rings (SSSR count). The second-order valence-corrected chi connectivity index (χ2v) is 3.64. The molecule has 0 aliphatic rings. The molecule has 0 unspecified atom stereocenters. The summed E-state index contributed by atoms with van der Waals surface area (Å²) in [6, 6.07) is 2.05. The van der Waals surface area contributed by atoms with E-state index in [4.69, 9.17) is 5.73 Å². The van der Waals surface area contributed by atoms with Crippen molar-refractivity contribution in [2.75, 3.05) is 5.73 Å². The van der Waals surface area contributed by atoms with Crippen LogP contribution < -0.4 is 5.73 Å². The molecular weight excluding hydrogens is 172 g/mol. The minimum Gasteiger partial charge on any atom is -0.397 e. The topological polar surface area (TPSA) is 38.9 Å². The third kappa shape index (κ3) is 2.72. The number of hydrogen-bond donors (Lipinski definition) is 1. The third-order valence-electron chi connectivity index (χ3n) is 2.55. The lowest BCUT2D eigenvalue weighted by Gasteiger charge is -2.08. The third-order valence-corrected chi connectivity index (χ3v) is 2.55. The van der Waals surface area contributed by atoms with Crippen LogP contribution in [0.1, 0.15) is 44.4 Å². The van der Waals surface area contributed by atoms with E-state index in [9.17, 15) is 0 Å². The predicted molar refractivity (Wildman–Crippen MR) is 61.3 cm³/mol. The maximum absolute atomic E-state index is 6.01. The molecule has 14 heavy (non-hydrogen) atoms. The Bertz CT molecular complexity index is 282. The normalized spacial score (nSPS) is 10.4. The zero-order chi connectivity index (χ0) is 10.4. The minimum absolute atomic E-state index is 0.908. The van der Waals surface area contributed by atoms with Gasteiger partial charge in [-0.25, -0.2) is 0 Å². The maximum atomic E-state index is 6.01. The highest BCUT2D eigenvalue weighted by Crippen LogP contribution is 2.17. The monoisotopic (exact) mass is 192 g/mol. The van der Waals surface area contributed by atoms with Crippen molar-refractivity contribution in [3.05, 3.63) is 23.5 Å². The van der Waals surface area contributed by atoms with Crippen LogP contribution >= 0.6 is 0 Å². The Balaban J connectivity index is 2.66. The number of pyridine rings is 1. The van der Waals surface area contributed by atoms with E-state index in [1.54, 1.807) is 0 Å². The van der Waals surface area contributed by atoms with E-state index in [1.165, 1.54) is 24.8 Å². The van der Waals surface area contributed by atoms with Crippen molar-refractivity contribution < 1.29 is 0 Å². The van der Waals surface area contributed by atoms with Crippen molar-refractivity contribution in [2.45, 2.75) is 46.0 Å². The lowest BCUT2D eigenvalue weighted by Crippen LogP contribution is -2.01. The Hall–Kier alpha value is -1.05. The fourth-order valence-electron chi connectivity index (χ4n) is 1.63. The van der Waals surface area contributed by atoms with Gasteiger partial charge in [0.2, 0.25) is 0 Å². The molecule has 2 heteroatoms. The number of aromatic nitrogens is 1. The van der Waals surface area contributed by atoms with Gasteiger partial charge in [-0.05, 0) is 30.9 Å². The summed E-state index contributed by atoms with van der Waals surface area (Å²) in [4.78, 5) is 4.26. The molecular formula is C12H20N2. The van der Waals surface area contributed by atoms with Gasteiger partial charge in [-0.1, -0.05) is 26.7 Å². The maximum Gasteiger partial charge on any atom is 0.0632 e. The summed E-state index contributed by atoms with van der Waals surface area (Å²) < 4.78 is 0. The number of aryl methyl sites for hydroxylation is 2. The molecule has 0 bridgehead atoms. The SMILES string of the molecule is CCCCCc1ccnc(CC)c1N. The second-order valence-electron chi connectivity index (χ2n) is 3.64. The molecule has 0 aliphatic heterocycles. The standard InChI is InChI=1S/C12H20N2/c1-3-5-6-7-10-8-9-14-11(4-2)12(10)13/h8-9H,3-7,13H2,1-2H3. The van der Waals surface area contributed by atoms with Crippen LogP contribution in [0.5, 0.6) is 0 Å². The molecule has 0 aromatic carbocycles. The highest BCUT2D eigenvalue weighted by molar-refractivity contribution is 5.50. The first-order valence-electron chi connectivity index (χ1n) is 5.51. The van der Waals surface area contributed by atoms with E-state index in [2.05, 4.69) is 18.8 Å². The second kappa shape index (κ2) is 5.63. The highest BCUT2D eigenvalue weighted by Gasteiger charge is 2.03. The molecule has 1 aromatic rings. The minimum atomic E-state index is 0.908. The van der Waals surface area contributed by atoms with Gasteiger partial charge in [0, 0.05) is 6.20 Å². The molecule has 2 nitrogen and oxygen atoms in total. The van der Waals surface area contributed by atoms with Crippen LogP contribution in [0.4, 0.5) is 5.69 Å². The Morgan fingerprint density at radius 3 is 2.71 bits per heavy atom. The van der Waals surface area contributed by atoms with E-state index in [0.717, 1.165) is 24.2 Å². The van der Waals surface area contributed by atoms with E-state index in [-0.39, 0.29) is 0 Å². The Morgan fingerprint density at radius 1 is 1.29 bits per heavy atom. The summed E-state index contributed by atoms with van der Waals surface area (Å²) in [5.74, 6) is 0. The van der Waals surface area contributed by atoms with Crippen molar-refractivity contribution in [3.63, 3.8) is 0 Å². The summed E-state index contributed by atoms with van der Waals surface area (Å²) >= 11 is 0. The van der Waals surface area contributed by atoms with E-state index >= 15 is 0 Å². The summed E-state index contributed by atoms with van der Waals surface area (Å²) in [5, 5.41) is 0. The Kier molecular flexibility index (Phi) is 4.44. The van der Waals surface area contributed by atoms with Crippen molar-refractivity contribution in [2.24, 2.45) is 0 Å². The molecule has 0 saturated heterocycles. The fourth-order valence-corrected chi connectivity index (χ4v) is 1.63. The van der Waals surface area contributed by atoms with E-state index < -0.39 is 0 Å². The van der Waals surface area contributed by atoms with Gasteiger partial charge in [-0.3, -0.25) is 4.98 Å². The number of hydrogen-bond acceptors (Lipinski definition) is 2. The molecule has 78 valence electrons. The van der Waals surface area contributed by atoms with Gasteiger partial charge < -0.3 is 5.73 Å². The summed E-state index contributed by atoms with van der Waals surface area (Å²) in [5.41, 5.74) is 9.23. The van der Waals surface area contributed by atoms with Gasteiger partial charge in [0.15, 0.2) is 0 Å². The summed E-state index contributed by atoms with van der Waals surface area (Å²) in [7, 11) is 0. The Labute approximate surface area is 86.5 Å². The van der Waals surface area contributed by atoms with Crippen LogP contribution in [0.3, 0.4) is 0 Å². The molecule has 0 amide bonds. The van der Waals surface area contributed by atoms with Crippen LogP contribution in [0.2, 0.25) is 0 Å². The predicted octanol–water partition coefficient (Wildman–Crippen LogP) is 2.96. The quantitative estimate of drug-likeness (QED) is 0.728. The molecule has 0 atom stereocenters. The number of nitrogen functional groups attached to an aromatic ring is 1. The van der Waals surface area contributed by atoms with Crippen LogP contribution in [0.25, 0.3) is 0 Å². The molecule has 0 spiro atoms. The zero-order valence-electron chi connectivity index (χ0n) is 9.21. The van der Waals surface area contributed by atoms with Gasteiger partial charge in [0.25, 0.3) is 0 Å². The van der Waals surface area contributed by atoms with Crippen LogP contribution in [-0.2, 0) is 12.8 Å². The fraction of sp³-hybridized carbons (Fsp3) is 0.583. The van der Waals surface area contributed by atoms with Crippen molar-refractivity contribution in [1.82, 2.24) is 4.98 Å². The first-order chi connectivity index (χ1) is 6.79. The van der Waals surface area contributed by atoms with Crippen LogP contribution in [-0.4, -0.2) is 4.98 Å². The number of anilines is 1. The van der Waals surface area contributed by atoms with Crippen molar-refractivity contribution in [1.29, 1.82) is 0 Å². The van der Waals surface area contributed by atoms with E-state index in [0.29, 0.717) is 0 Å². The van der Waals surface area contributed by atoms with Crippen LogP contribution in [0, 0.1) is 0 Å². The lowest BCUT2D eigenvalue weighted by atomic mass is 10.0. The average Bonchev–Trinajstić information content (AvgIpc) is 2.21. The molecule has 2 N–H and O–H groups in total. The van der Waals surface area contributed by atoms with Crippen LogP contribution in [0.15, 0.2) is 12.3 Å². The van der Waals surface area contributed by atoms with Gasteiger partial charge in [0.05, 0.1) is 11.4 Å². The molecule has 1 aromatic heterocycles. The Morgan fingerprint density at radius 2 is 2.07 bits per heavy atom. The smallest absolute Gasteiger partial charge is 0.0632 e. The lowest BCUT2D eigenvalue weighted by molar-refractivity contribution is 0.717. The number of nitrogens with zero attached hydrogens (tertiary/aromatic N) is 1. The summed E-state index contributed by atoms with van der Waals surface area (Å²) in [6.45, 7) is 4.31. The summed E-state index contributed by atoms with van der Waals surface area (Å²) in [6.07, 6.45) is 7.65.